The molecule has 1 aromatic heterocycles. The zero-order valence-corrected chi connectivity index (χ0v) is 16.5. The van der Waals surface area contributed by atoms with E-state index in [9.17, 15) is 9.59 Å². The summed E-state index contributed by atoms with van der Waals surface area (Å²) in [5, 5.41) is 6.99. The molecule has 6 nitrogen and oxygen atoms in total. The van der Waals surface area contributed by atoms with Crippen LogP contribution < -0.4 is 10.6 Å². The molecule has 0 saturated carbocycles. The molecule has 2 aromatic carbocycles. The van der Waals surface area contributed by atoms with Crippen molar-refractivity contribution in [1.82, 2.24) is 10.2 Å². The largest absolute Gasteiger partial charge is 0.464 e. The van der Waals surface area contributed by atoms with Gasteiger partial charge in [0, 0.05) is 35.8 Å². The minimum atomic E-state index is -0.0962. The Morgan fingerprint density at radius 2 is 1.86 bits per heavy atom. The van der Waals surface area contributed by atoms with E-state index in [1.54, 1.807) is 11.2 Å². The normalized spacial score (nSPS) is 14.7. The van der Waals surface area contributed by atoms with Crippen LogP contribution in [0.5, 0.6) is 0 Å². The summed E-state index contributed by atoms with van der Waals surface area (Å²) < 4.78 is 5.58. The monoisotopic (exact) mass is 391 g/mol. The molecule has 6 heteroatoms. The minimum absolute atomic E-state index is 0.0135. The summed E-state index contributed by atoms with van der Waals surface area (Å²) in [4.78, 5) is 26.7. The lowest BCUT2D eigenvalue weighted by Gasteiger charge is -2.32. The molecule has 3 amide bonds. The Labute approximate surface area is 169 Å². The molecule has 150 valence electrons. The van der Waals surface area contributed by atoms with E-state index in [1.165, 1.54) is 0 Å². The van der Waals surface area contributed by atoms with E-state index in [2.05, 4.69) is 10.6 Å². The smallest absolute Gasteiger partial charge is 0.321 e. The van der Waals surface area contributed by atoms with Crippen molar-refractivity contribution >= 4 is 28.6 Å². The van der Waals surface area contributed by atoms with Gasteiger partial charge in [0.05, 0.1) is 12.7 Å². The molecular formula is C23H25N3O3. The predicted molar refractivity (Wildman–Crippen MR) is 113 cm³/mol. The third-order valence-corrected chi connectivity index (χ3v) is 5.33. The highest BCUT2D eigenvalue weighted by molar-refractivity contribution is 5.89. The van der Waals surface area contributed by atoms with Crippen LogP contribution in [0.3, 0.4) is 0 Å². The van der Waals surface area contributed by atoms with E-state index < -0.39 is 0 Å². The molecule has 4 rings (SSSR count). The second-order valence-electron chi connectivity index (χ2n) is 7.56. The van der Waals surface area contributed by atoms with Crippen LogP contribution in [0.15, 0.2) is 59.2 Å². The number of benzene rings is 2. The second kappa shape index (κ2) is 8.39. The average molecular weight is 391 g/mol. The number of carbonyl (C=O) groups is 2. The molecule has 1 fully saturated rings. The molecule has 0 spiro atoms. The molecule has 0 unspecified atom stereocenters. The summed E-state index contributed by atoms with van der Waals surface area (Å²) in [6.45, 7) is 3.26. The Hall–Kier alpha value is -3.28. The van der Waals surface area contributed by atoms with Crippen molar-refractivity contribution < 1.29 is 14.0 Å². The first-order valence-corrected chi connectivity index (χ1v) is 9.95. The highest BCUT2D eigenvalue weighted by Crippen LogP contribution is 2.23. The first-order chi connectivity index (χ1) is 14.1. The summed E-state index contributed by atoms with van der Waals surface area (Å²) in [6, 6.07) is 15.4. The molecule has 3 aromatic rings. The van der Waals surface area contributed by atoms with Crippen LogP contribution in [0.1, 0.15) is 24.0 Å². The molecule has 1 saturated heterocycles. The van der Waals surface area contributed by atoms with E-state index in [4.69, 9.17) is 4.42 Å². The highest BCUT2D eigenvalue weighted by Gasteiger charge is 2.24. The van der Waals surface area contributed by atoms with E-state index in [0.717, 1.165) is 40.6 Å². The topological polar surface area (TPSA) is 74.6 Å². The van der Waals surface area contributed by atoms with Crippen molar-refractivity contribution in [3.63, 3.8) is 0 Å². The number of furan rings is 1. The number of anilines is 1. The van der Waals surface area contributed by atoms with Gasteiger partial charge in [-0.05, 0) is 43.5 Å². The van der Waals surface area contributed by atoms with Gasteiger partial charge in [-0.15, -0.1) is 0 Å². The molecule has 0 aliphatic carbocycles. The Morgan fingerprint density at radius 1 is 1.10 bits per heavy atom. The van der Waals surface area contributed by atoms with Crippen molar-refractivity contribution in [1.29, 1.82) is 0 Å². The fraction of sp³-hybridized carbons (Fsp3) is 0.304. The molecule has 29 heavy (non-hydrogen) atoms. The van der Waals surface area contributed by atoms with E-state index >= 15 is 0 Å². The van der Waals surface area contributed by atoms with E-state index in [-0.39, 0.29) is 18.0 Å². The van der Waals surface area contributed by atoms with Crippen LogP contribution in [-0.4, -0.2) is 36.0 Å². The predicted octanol–water partition coefficient (Wildman–Crippen LogP) is 4.10. The maximum atomic E-state index is 12.5. The first kappa shape index (κ1) is 19.1. The van der Waals surface area contributed by atoms with Gasteiger partial charge in [-0.25, -0.2) is 4.79 Å². The molecular weight excluding hydrogens is 366 g/mol. The zero-order chi connectivity index (χ0) is 20.2. The van der Waals surface area contributed by atoms with Gasteiger partial charge in [0.15, 0.2) is 0 Å². The first-order valence-electron chi connectivity index (χ1n) is 9.95. The number of amides is 3. The molecule has 0 bridgehead atoms. The second-order valence-corrected chi connectivity index (χ2v) is 7.56. The van der Waals surface area contributed by atoms with Crippen LogP contribution in [-0.2, 0) is 11.2 Å². The maximum absolute atomic E-state index is 12.5. The van der Waals surface area contributed by atoms with Crippen LogP contribution in [0.25, 0.3) is 11.0 Å². The Kier molecular flexibility index (Phi) is 5.51. The molecule has 0 atom stereocenters. The fourth-order valence-electron chi connectivity index (χ4n) is 3.73. The van der Waals surface area contributed by atoms with Gasteiger partial charge in [0.25, 0.3) is 0 Å². The summed E-state index contributed by atoms with van der Waals surface area (Å²) in [7, 11) is 0. The van der Waals surface area contributed by atoms with Crippen molar-refractivity contribution in [3.05, 3.63) is 65.9 Å². The minimum Gasteiger partial charge on any atom is -0.464 e. The number of carbonyl (C=O) groups excluding carboxylic acids is 2. The van der Waals surface area contributed by atoms with Gasteiger partial charge >= 0.3 is 6.03 Å². The number of hydrogen-bond acceptors (Lipinski definition) is 3. The van der Waals surface area contributed by atoms with E-state index in [0.29, 0.717) is 19.5 Å². The number of likely N-dealkylation sites (tertiary alicyclic amines) is 1. The quantitative estimate of drug-likeness (QED) is 0.703. The summed E-state index contributed by atoms with van der Waals surface area (Å²) in [5.41, 5.74) is 3.63. The standard InChI is InChI=1S/C23H25N3O3/c1-16-7-8-20-17(15-29-21(20)13-16)14-22(27)24-19-9-11-26(12-10-19)23(28)25-18-5-3-2-4-6-18/h2-8,13,15,19H,9-12,14H2,1H3,(H,24,27)(H,25,28). The summed E-state index contributed by atoms with van der Waals surface area (Å²) >= 11 is 0. The Morgan fingerprint density at radius 3 is 2.62 bits per heavy atom. The number of piperidine rings is 1. The SMILES string of the molecule is Cc1ccc2c(CC(=O)NC3CCN(C(=O)Nc4ccccc4)CC3)coc2c1. The Bertz CT molecular complexity index is 1000. The van der Waals surface area contributed by atoms with Crippen molar-refractivity contribution in [3.8, 4) is 0 Å². The van der Waals surface area contributed by atoms with Crippen LogP contribution in [0, 0.1) is 6.92 Å². The molecule has 1 aliphatic rings. The van der Waals surface area contributed by atoms with Crippen LogP contribution >= 0.6 is 0 Å². The van der Waals surface area contributed by atoms with Gasteiger partial charge in [0.2, 0.25) is 5.91 Å². The zero-order valence-electron chi connectivity index (χ0n) is 16.5. The van der Waals surface area contributed by atoms with Crippen molar-refractivity contribution in [2.24, 2.45) is 0 Å². The van der Waals surface area contributed by atoms with E-state index in [1.807, 2.05) is 55.5 Å². The number of urea groups is 1. The van der Waals surface area contributed by atoms with Gasteiger partial charge < -0.3 is 20.0 Å². The third-order valence-electron chi connectivity index (χ3n) is 5.33. The highest BCUT2D eigenvalue weighted by atomic mass is 16.3. The average Bonchev–Trinajstić information content (AvgIpc) is 3.10. The van der Waals surface area contributed by atoms with Gasteiger partial charge in [-0.3, -0.25) is 4.79 Å². The lowest BCUT2D eigenvalue weighted by Crippen LogP contribution is -2.48. The van der Waals surface area contributed by atoms with Gasteiger partial charge in [0.1, 0.15) is 5.58 Å². The summed E-state index contributed by atoms with van der Waals surface area (Å²) in [5.74, 6) is -0.0135. The maximum Gasteiger partial charge on any atom is 0.321 e. The number of para-hydroxylation sites is 1. The fourth-order valence-corrected chi connectivity index (χ4v) is 3.73. The summed E-state index contributed by atoms with van der Waals surface area (Å²) in [6.07, 6.45) is 3.46. The lowest BCUT2D eigenvalue weighted by atomic mass is 10.0. The Balaban J connectivity index is 1.27. The number of rotatable bonds is 4. The van der Waals surface area contributed by atoms with Crippen LogP contribution in [0.4, 0.5) is 10.5 Å². The number of nitrogens with one attached hydrogen (secondary N) is 2. The van der Waals surface area contributed by atoms with Crippen LogP contribution in [0.2, 0.25) is 0 Å². The molecule has 2 N–H and O–H groups in total. The van der Waals surface area contributed by atoms with Crippen molar-refractivity contribution in [2.75, 3.05) is 18.4 Å². The molecule has 2 heterocycles. The number of hydrogen-bond donors (Lipinski definition) is 2. The number of fused-ring (bicyclic) bond motifs is 1. The number of nitrogens with zero attached hydrogens (tertiary/aromatic N) is 1. The molecule has 1 aliphatic heterocycles. The number of aryl methyl sites for hydroxylation is 1. The van der Waals surface area contributed by atoms with Gasteiger partial charge in [-0.2, -0.15) is 0 Å². The third kappa shape index (κ3) is 4.59. The lowest BCUT2D eigenvalue weighted by molar-refractivity contribution is -0.121. The van der Waals surface area contributed by atoms with Gasteiger partial charge in [-0.1, -0.05) is 30.3 Å². The van der Waals surface area contributed by atoms with Crippen molar-refractivity contribution in [2.45, 2.75) is 32.2 Å². The molecule has 0 radical (unpaired) electrons.